The SMILES string of the molecule is CC1NCCn2c1cc1c2-c2ccc(Cl)cc2CC1.O=C(O)C=CC(=O)O. The maximum absolute atomic E-state index is 9.55. The van der Waals surface area contributed by atoms with Gasteiger partial charge in [-0.05, 0) is 49.1 Å². The Morgan fingerprint density at radius 2 is 1.81 bits per heavy atom. The summed E-state index contributed by atoms with van der Waals surface area (Å²) in [6.45, 7) is 4.37. The zero-order valence-electron chi connectivity index (χ0n) is 14.9. The molecule has 142 valence electrons. The fourth-order valence-corrected chi connectivity index (χ4v) is 3.84. The first kappa shape index (κ1) is 19.2. The summed E-state index contributed by atoms with van der Waals surface area (Å²) in [4.78, 5) is 19.1. The molecule has 1 aliphatic heterocycles. The van der Waals surface area contributed by atoms with Gasteiger partial charge in [0.25, 0.3) is 0 Å². The summed E-state index contributed by atoms with van der Waals surface area (Å²) in [6, 6.07) is 9.18. The molecule has 2 heterocycles. The molecule has 1 atom stereocenters. The third-order valence-corrected chi connectivity index (χ3v) is 5.03. The van der Waals surface area contributed by atoms with Crippen molar-refractivity contribution in [3.05, 3.63) is 58.3 Å². The highest BCUT2D eigenvalue weighted by molar-refractivity contribution is 6.30. The van der Waals surface area contributed by atoms with E-state index >= 15 is 0 Å². The van der Waals surface area contributed by atoms with Crippen molar-refractivity contribution in [2.24, 2.45) is 0 Å². The molecule has 0 spiro atoms. The van der Waals surface area contributed by atoms with Gasteiger partial charge in [-0.1, -0.05) is 17.7 Å². The van der Waals surface area contributed by atoms with Gasteiger partial charge in [0, 0.05) is 47.6 Å². The highest BCUT2D eigenvalue weighted by Gasteiger charge is 2.26. The number of carbonyl (C=O) groups is 2. The van der Waals surface area contributed by atoms with Gasteiger partial charge < -0.3 is 20.1 Å². The lowest BCUT2D eigenvalue weighted by Crippen LogP contribution is -2.31. The van der Waals surface area contributed by atoms with Gasteiger partial charge in [0.15, 0.2) is 0 Å². The highest BCUT2D eigenvalue weighted by atomic mass is 35.5. The van der Waals surface area contributed by atoms with Crippen molar-refractivity contribution in [1.29, 1.82) is 0 Å². The summed E-state index contributed by atoms with van der Waals surface area (Å²) in [5.74, 6) is -2.51. The van der Waals surface area contributed by atoms with Crippen molar-refractivity contribution < 1.29 is 19.8 Å². The predicted octanol–water partition coefficient (Wildman–Crippen LogP) is 3.28. The molecule has 0 bridgehead atoms. The van der Waals surface area contributed by atoms with Crippen LogP contribution in [0.25, 0.3) is 11.3 Å². The predicted molar refractivity (Wildman–Crippen MR) is 103 cm³/mol. The van der Waals surface area contributed by atoms with Crippen LogP contribution in [0.15, 0.2) is 36.4 Å². The molecule has 2 aliphatic rings. The number of hydrogen-bond donors (Lipinski definition) is 3. The van der Waals surface area contributed by atoms with E-state index in [1.54, 1.807) is 0 Å². The Morgan fingerprint density at radius 1 is 1.15 bits per heavy atom. The molecular formula is C20H21ClN2O4. The third kappa shape index (κ3) is 4.23. The van der Waals surface area contributed by atoms with E-state index in [1.807, 2.05) is 6.07 Å². The number of carboxylic acids is 2. The van der Waals surface area contributed by atoms with Crippen molar-refractivity contribution in [3.63, 3.8) is 0 Å². The number of benzene rings is 1. The monoisotopic (exact) mass is 388 g/mol. The quantitative estimate of drug-likeness (QED) is 0.687. The summed E-state index contributed by atoms with van der Waals surface area (Å²) in [5.41, 5.74) is 7.14. The summed E-state index contributed by atoms with van der Waals surface area (Å²) >= 11 is 6.13. The Morgan fingerprint density at radius 3 is 2.48 bits per heavy atom. The average molecular weight is 389 g/mol. The number of nitrogens with one attached hydrogen (secondary N) is 1. The normalized spacial score (nSPS) is 17.3. The van der Waals surface area contributed by atoms with E-state index in [9.17, 15) is 9.59 Å². The van der Waals surface area contributed by atoms with Gasteiger partial charge in [0.1, 0.15) is 0 Å². The second-order valence-corrected chi connectivity index (χ2v) is 7.02. The lowest BCUT2D eigenvalue weighted by molar-refractivity contribution is -0.134. The van der Waals surface area contributed by atoms with E-state index in [-0.39, 0.29) is 0 Å². The fourth-order valence-electron chi connectivity index (χ4n) is 3.65. The van der Waals surface area contributed by atoms with E-state index in [0.717, 1.165) is 31.0 Å². The number of halogens is 1. The fraction of sp³-hybridized carbons (Fsp3) is 0.300. The minimum Gasteiger partial charge on any atom is -0.478 e. The molecule has 1 unspecified atom stereocenters. The maximum atomic E-state index is 9.55. The average Bonchev–Trinajstić information content (AvgIpc) is 3.01. The van der Waals surface area contributed by atoms with Gasteiger partial charge in [-0.15, -0.1) is 0 Å². The topological polar surface area (TPSA) is 91.6 Å². The zero-order valence-corrected chi connectivity index (χ0v) is 15.7. The van der Waals surface area contributed by atoms with Crippen molar-refractivity contribution in [1.82, 2.24) is 9.88 Å². The second-order valence-electron chi connectivity index (χ2n) is 6.58. The molecule has 0 amide bonds. The number of nitrogens with zero attached hydrogens (tertiary/aromatic N) is 1. The van der Waals surface area contributed by atoms with E-state index in [1.165, 1.54) is 28.1 Å². The highest BCUT2D eigenvalue weighted by Crippen LogP contribution is 2.39. The molecule has 3 N–H and O–H groups in total. The first-order valence-corrected chi connectivity index (χ1v) is 9.13. The lowest BCUT2D eigenvalue weighted by atomic mass is 9.90. The van der Waals surface area contributed by atoms with Crippen molar-refractivity contribution in [3.8, 4) is 11.3 Å². The number of hydrogen-bond acceptors (Lipinski definition) is 3. The van der Waals surface area contributed by atoms with Crippen molar-refractivity contribution in [2.75, 3.05) is 6.54 Å². The standard InChI is InChI=1S/C16H17ClN2.C4H4O4/c1-10-15-9-12-3-2-11-8-13(17)4-5-14(11)16(12)19(15)7-6-18-10;5-3(6)1-2-4(7)8/h4-5,8-10,18H,2-3,6-7H2,1H3;1-2H,(H,5,6)(H,7,8). The van der Waals surface area contributed by atoms with Crippen LogP contribution in [0.5, 0.6) is 0 Å². The molecular weight excluding hydrogens is 368 g/mol. The van der Waals surface area contributed by atoms with Gasteiger partial charge in [-0.2, -0.15) is 0 Å². The van der Waals surface area contributed by atoms with E-state index in [4.69, 9.17) is 21.8 Å². The Kier molecular flexibility index (Phi) is 5.68. The molecule has 7 heteroatoms. The van der Waals surface area contributed by atoms with Crippen LogP contribution in [0.4, 0.5) is 0 Å². The van der Waals surface area contributed by atoms with Gasteiger partial charge in [0.2, 0.25) is 0 Å². The summed E-state index contributed by atoms with van der Waals surface area (Å²) in [5, 5.41) is 20.0. The van der Waals surface area contributed by atoms with Crippen LogP contribution in [0.1, 0.15) is 29.8 Å². The third-order valence-electron chi connectivity index (χ3n) is 4.79. The maximum Gasteiger partial charge on any atom is 0.328 e. The molecule has 2 aromatic rings. The minimum atomic E-state index is -1.26. The van der Waals surface area contributed by atoms with Crippen LogP contribution in [0, 0.1) is 0 Å². The van der Waals surface area contributed by atoms with E-state index in [2.05, 4.69) is 35.0 Å². The minimum absolute atomic E-state index is 0.454. The van der Waals surface area contributed by atoms with Gasteiger partial charge in [-0.3, -0.25) is 0 Å². The number of aliphatic carboxylic acids is 2. The van der Waals surface area contributed by atoms with Crippen LogP contribution in [0.2, 0.25) is 5.02 Å². The van der Waals surface area contributed by atoms with Crippen LogP contribution < -0.4 is 5.32 Å². The van der Waals surface area contributed by atoms with Crippen LogP contribution in [-0.2, 0) is 29.0 Å². The Hall–Kier alpha value is -2.57. The molecule has 4 rings (SSSR count). The van der Waals surface area contributed by atoms with Crippen LogP contribution in [0.3, 0.4) is 0 Å². The van der Waals surface area contributed by atoms with Crippen LogP contribution >= 0.6 is 11.6 Å². The summed E-state index contributed by atoms with van der Waals surface area (Å²) < 4.78 is 2.50. The molecule has 27 heavy (non-hydrogen) atoms. The first-order valence-electron chi connectivity index (χ1n) is 8.75. The molecule has 1 aromatic carbocycles. The lowest BCUT2D eigenvalue weighted by Gasteiger charge is -2.26. The smallest absolute Gasteiger partial charge is 0.328 e. The number of aryl methyl sites for hydroxylation is 2. The largest absolute Gasteiger partial charge is 0.478 e. The molecule has 1 aliphatic carbocycles. The molecule has 0 fully saturated rings. The number of rotatable bonds is 2. The Balaban J connectivity index is 0.000000226. The molecule has 0 radical (unpaired) electrons. The molecule has 1 aromatic heterocycles. The second kappa shape index (κ2) is 7.98. The number of carboxylic acid groups (broad SMARTS) is 2. The van der Waals surface area contributed by atoms with Crippen molar-refractivity contribution >= 4 is 23.5 Å². The van der Waals surface area contributed by atoms with Crippen molar-refractivity contribution in [2.45, 2.75) is 32.4 Å². The molecule has 0 saturated carbocycles. The van der Waals surface area contributed by atoms with Crippen LogP contribution in [-0.4, -0.2) is 33.3 Å². The Bertz CT molecular complexity index is 901. The molecule has 0 saturated heterocycles. The zero-order chi connectivity index (χ0) is 19.6. The summed E-state index contributed by atoms with van der Waals surface area (Å²) in [7, 11) is 0. The summed E-state index contributed by atoms with van der Waals surface area (Å²) in [6.07, 6.45) is 3.36. The molecule has 6 nitrogen and oxygen atoms in total. The van der Waals surface area contributed by atoms with Gasteiger partial charge >= 0.3 is 11.9 Å². The first-order chi connectivity index (χ1) is 12.9. The Labute approximate surface area is 162 Å². The van der Waals surface area contributed by atoms with Gasteiger partial charge in [-0.25, -0.2) is 9.59 Å². The van der Waals surface area contributed by atoms with Gasteiger partial charge in [0.05, 0.1) is 5.69 Å². The number of fused-ring (bicyclic) bond motifs is 5. The van der Waals surface area contributed by atoms with E-state index < -0.39 is 11.9 Å². The van der Waals surface area contributed by atoms with E-state index in [0.29, 0.717) is 18.2 Å². The number of aromatic nitrogens is 1.